The summed E-state index contributed by atoms with van der Waals surface area (Å²) < 4.78 is 2.23. The Balaban J connectivity index is 1.82. The molecule has 2 N–H and O–H groups in total. The average molecular weight is 314 g/mol. The highest BCUT2D eigenvalue weighted by atomic mass is 15.1. The van der Waals surface area contributed by atoms with E-state index in [9.17, 15) is 0 Å². The van der Waals surface area contributed by atoms with Gasteiger partial charge in [0.25, 0.3) is 0 Å². The highest BCUT2D eigenvalue weighted by molar-refractivity contribution is 5.85. The van der Waals surface area contributed by atoms with E-state index < -0.39 is 0 Å². The van der Waals surface area contributed by atoms with E-state index in [4.69, 9.17) is 10.7 Å². The van der Waals surface area contributed by atoms with Crippen molar-refractivity contribution in [2.24, 2.45) is 0 Å². The molecule has 2 aromatic carbocycles. The van der Waals surface area contributed by atoms with Gasteiger partial charge in [0.05, 0.1) is 5.52 Å². The number of nitrogens with zero attached hydrogens (tertiary/aromatic N) is 3. The van der Waals surface area contributed by atoms with E-state index in [1.54, 1.807) is 6.20 Å². The summed E-state index contributed by atoms with van der Waals surface area (Å²) in [6.45, 7) is 0.767. The van der Waals surface area contributed by atoms with Gasteiger partial charge >= 0.3 is 0 Å². The van der Waals surface area contributed by atoms with Crippen molar-refractivity contribution in [1.29, 1.82) is 0 Å². The first kappa shape index (κ1) is 14.5. The monoisotopic (exact) mass is 314 g/mol. The Morgan fingerprint density at radius 1 is 0.833 bits per heavy atom. The number of hydrogen-bond acceptors (Lipinski definition) is 3. The van der Waals surface area contributed by atoms with Crippen molar-refractivity contribution in [2.45, 2.75) is 13.0 Å². The van der Waals surface area contributed by atoms with Gasteiger partial charge < -0.3 is 10.3 Å². The van der Waals surface area contributed by atoms with Gasteiger partial charge in [0.15, 0.2) is 5.82 Å². The molecule has 0 bridgehead atoms. The van der Waals surface area contributed by atoms with Crippen LogP contribution in [0.5, 0.6) is 0 Å². The quantitative estimate of drug-likeness (QED) is 0.625. The zero-order chi connectivity index (χ0) is 16.4. The van der Waals surface area contributed by atoms with Gasteiger partial charge in [-0.15, -0.1) is 0 Å². The topological polar surface area (TPSA) is 56.7 Å². The van der Waals surface area contributed by atoms with E-state index in [0.29, 0.717) is 5.82 Å². The average Bonchev–Trinajstić information content (AvgIpc) is 2.96. The molecule has 24 heavy (non-hydrogen) atoms. The molecular weight excluding hydrogens is 296 g/mol. The molecule has 0 saturated heterocycles. The molecule has 0 aliphatic heterocycles. The molecule has 2 aromatic heterocycles. The fourth-order valence-corrected chi connectivity index (χ4v) is 2.98. The lowest BCUT2D eigenvalue weighted by Gasteiger charge is -2.09. The van der Waals surface area contributed by atoms with Crippen LogP contribution in [0, 0.1) is 0 Å². The molecule has 0 spiro atoms. The van der Waals surface area contributed by atoms with Crippen LogP contribution in [0.3, 0.4) is 0 Å². The van der Waals surface area contributed by atoms with Crippen LogP contribution in [-0.4, -0.2) is 14.5 Å². The number of nitrogen functional groups attached to an aromatic ring is 1. The van der Waals surface area contributed by atoms with Gasteiger partial charge in [-0.25, -0.2) is 9.97 Å². The molecule has 0 aliphatic rings. The molecule has 4 nitrogen and oxygen atoms in total. The highest BCUT2D eigenvalue weighted by Gasteiger charge is 2.14. The summed E-state index contributed by atoms with van der Waals surface area (Å²) >= 11 is 0. The Morgan fingerprint density at radius 3 is 2.21 bits per heavy atom. The van der Waals surface area contributed by atoms with Gasteiger partial charge in [0.2, 0.25) is 0 Å². The van der Waals surface area contributed by atoms with Crippen LogP contribution in [0.4, 0.5) is 5.82 Å². The molecule has 4 aromatic rings. The standard InChI is InChI=1S/C20H18N4/c21-20-19-17(11-12-22-20)24(14-16-9-5-2-6-10-16)18(23-19)13-15-7-3-1-4-8-15/h1-12H,13-14H2,(H2,21,22). The lowest BCUT2D eigenvalue weighted by atomic mass is 10.1. The Morgan fingerprint density at radius 2 is 1.50 bits per heavy atom. The van der Waals surface area contributed by atoms with Crippen molar-refractivity contribution in [3.63, 3.8) is 0 Å². The third-order valence-corrected chi connectivity index (χ3v) is 4.16. The van der Waals surface area contributed by atoms with E-state index in [2.05, 4.69) is 58.1 Å². The van der Waals surface area contributed by atoms with E-state index in [-0.39, 0.29) is 0 Å². The summed E-state index contributed by atoms with van der Waals surface area (Å²) in [4.78, 5) is 8.96. The second-order valence-corrected chi connectivity index (χ2v) is 5.83. The smallest absolute Gasteiger partial charge is 0.151 e. The summed E-state index contributed by atoms with van der Waals surface area (Å²) in [7, 11) is 0. The van der Waals surface area contributed by atoms with Crippen molar-refractivity contribution in [2.75, 3.05) is 5.73 Å². The van der Waals surface area contributed by atoms with Gasteiger partial charge in [-0.2, -0.15) is 0 Å². The summed E-state index contributed by atoms with van der Waals surface area (Å²) in [6.07, 6.45) is 2.51. The van der Waals surface area contributed by atoms with Gasteiger partial charge in [-0.05, 0) is 17.2 Å². The van der Waals surface area contributed by atoms with Crippen molar-refractivity contribution in [1.82, 2.24) is 14.5 Å². The number of aromatic nitrogens is 3. The maximum atomic E-state index is 6.04. The zero-order valence-electron chi connectivity index (χ0n) is 13.3. The molecule has 0 fully saturated rings. The van der Waals surface area contributed by atoms with Crippen LogP contribution in [0.1, 0.15) is 17.0 Å². The number of hydrogen-bond donors (Lipinski definition) is 1. The van der Waals surface area contributed by atoms with Crippen LogP contribution >= 0.6 is 0 Å². The van der Waals surface area contributed by atoms with Crippen LogP contribution in [0.25, 0.3) is 11.0 Å². The van der Waals surface area contributed by atoms with Gasteiger partial charge in [-0.1, -0.05) is 60.7 Å². The fraction of sp³-hybridized carbons (Fsp3) is 0.100. The molecule has 118 valence electrons. The third-order valence-electron chi connectivity index (χ3n) is 4.16. The van der Waals surface area contributed by atoms with Crippen LogP contribution in [0.15, 0.2) is 72.9 Å². The number of anilines is 1. The van der Waals surface area contributed by atoms with Crippen LogP contribution in [0.2, 0.25) is 0 Å². The maximum absolute atomic E-state index is 6.04. The normalized spacial score (nSPS) is 11.0. The van der Waals surface area contributed by atoms with E-state index in [0.717, 1.165) is 29.8 Å². The predicted octanol–water partition coefficient (Wildman–Crippen LogP) is 3.65. The molecule has 2 heterocycles. The minimum atomic E-state index is 0.480. The van der Waals surface area contributed by atoms with Crippen molar-refractivity contribution < 1.29 is 0 Å². The van der Waals surface area contributed by atoms with Gasteiger partial charge in [-0.3, -0.25) is 0 Å². The Bertz CT molecular complexity index is 959. The Labute approximate surface area is 140 Å². The van der Waals surface area contributed by atoms with E-state index in [1.807, 2.05) is 18.2 Å². The van der Waals surface area contributed by atoms with Crippen LogP contribution in [-0.2, 0) is 13.0 Å². The molecule has 0 unspecified atom stereocenters. The minimum absolute atomic E-state index is 0.480. The minimum Gasteiger partial charge on any atom is -0.382 e. The number of benzene rings is 2. The summed E-state index contributed by atoms with van der Waals surface area (Å²) in [5.74, 6) is 1.48. The fourth-order valence-electron chi connectivity index (χ4n) is 2.98. The third kappa shape index (κ3) is 2.74. The molecule has 0 amide bonds. The lowest BCUT2D eigenvalue weighted by Crippen LogP contribution is -2.06. The van der Waals surface area contributed by atoms with Crippen molar-refractivity contribution in [3.05, 3.63) is 89.9 Å². The first-order valence-electron chi connectivity index (χ1n) is 7.99. The van der Waals surface area contributed by atoms with E-state index >= 15 is 0 Å². The Hall–Kier alpha value is -3.14. The largest absolute Gasteiger partial charge is 0.382 e. The predicted molar refractivity (Wildman–Crippen MR) is 96.7 cm³/mol. The second-order valence-electron chi connectivity index (χ2n) is 5.83. The second kappa shape index (κ2) is 6.16. The lowest BCUT2D eigenvalue weighted by molar-refractivity contribution is 0.762. The SMILES string of the molecule is Nc1nccc2c1nc(Cc1ccccc1)n2Cc1ccccc1. The van der Waals surface area contributed by atoms with Gasteiger partial charge in [0, 0.05) is 19.2 Å². The summed E-state index contributed by atoms with van der Waals surface area (Å²) in [6, 6.07) is 22.7. The summed E-state index contributed by atoms with van der Waals surface area (Å²) in [5.41, 5.74) is 10.3. The molecule has 4 heteroatoms. The molecular formula is C20H18N4. The Kier molecular flexibility index (Phi) is 3.71. The first-order valence-corrected chi connectivity index (χ1v) is 7.99. The number of pyridine rings is 1. The number of imidazole rings is 1. The zero-order valence-corrected chi connectivity index (χ0v) is 13.3. The molecule has 0 aliphatic carbocycles. The van der Waals surface area contributed by atoms with Crippen molar-refractivity contribution in [3.8, 4) is 0 Å². The molecule has 0 saturated carbocycles. The maximum Gasteiger partial charge on any atom is 0.151 e. The highest BCUT2D eigenvalue weighted by Crippen LogP contribution is 2.23. The number of nitrogens with two attached hydrogens (primary N) is 1. The number of fused-ring (bicyclic) bond motifs is 1. The van der Waals surface area contributed by atoms with E-state index in [1.165, 1.54) is 11.1 Å². The molecule has 0 radical (unpaired) electrons. The summed E-state index contributed by atoms with van der Waals surface area (Å²) in [5, 5.41) is 0. The molecule has 4 rings (SSSR count). The number of rotatable bonds is 4. The van der Waals surface area contributed by atoms with Gasteiger partial charge in [0.1, 0.15) is 11.3 Å². The first-order chi connectivity index (χ1) is 11.8. The van der Waals surface area contributed by atoms with Crippen molar-refractivity contribution >= 4 is 16.9 Å². The molecule has 0 atom stereocenters. The van der Waals surface area contributed by atoms with Crippen LogP contribution < -0.4 is 5.73 Å².